The fraction of sp³-hybridized carbons (Fsp3) is 0.316. The van der Waals surface area contributed by atoms with E-state index in [9.17, 15) is 8.42 Å². The maximum Gasteiger partial charge on any atom is 0.243 e. The van der Waals surface area contributed by atoms with Crippen LogP contribution in [0.15, 0.2) is 41.3 Å². The standard InChI is InChI=1S/C19H23Cl2N3O2S2/c1-4-24(5-2)28(25,26)16-9-6-13(3)18(11-16)23-19(27)22-12-14-7-8-15(20)10-17(14)21/h6-11H,4-5,12H2,1-3H3,(H2,22,23,27). The van der Waals surface area contributed by atoms with Crippen molar-refractivity contribution in [3.8, 4) is 0 Å². The summed E-state index contributed by atoms with van der Waals surface area (Å²) in [6.45, 7) is 6.76. The summed E-state index contributed by atoms with van der Waals surface area (Å²) in [7, 11) is -3.54. The van der Waals surface area contributed by atoms with Crippen molar-refractivity contribution in [2.24, 2.45) is 0 Å². The molecule has 0 spiro atoms. The Bertz CT molecular complexity index is 962. The molecule has 0 saturated heterocycles. The second kappa shape index (κ2) is 9.89. The minimum atomic E-state index is -3.54. The molecule has 2 aromatic rings. The molecular weight excluding hydrogens is 437 g/mol. The lowest BCUT2D eigenvalue weighted by molar-refractivity contribution is 0.445. The summed E-state index contributed by atoms with van der Waals surface area (Å²) in [6.07, 6.45) is 0. The quantitative estimate of drug-likeness (QED) is 0.581. The smallest absolute Gasteiger partial charge is 0.243 e. The molecule has 0 amide bonds. The van der Waals surface area contributed by atoms with Crippen LogP contribution < -0.4 is 10.6 Å². The summed E-state index contributed by atoms with van der Waals surface area (Å²) >= 11 is 17.4. The highest BCUT2D eigenvalue weighted by Crippen LogP contribution is 2.23. The van der Waals surface area contributed by atoms with Crippen molar-refractivity contribution in [2.45, 2.75) is 32.2 Å². The summed E-state index contributed by atoms with van der Waals surface area (Å²) < 4.78 is 26.9. The van der Waals surface area contributed by atoms with Crippen LogP contribution in [0.2, 0.25) is 10.0 Å². The zero-order chi connectivity index (χ0) is 20.9. The van der Waals surface area contributed by atoms with Gasteiger partial charge in [0.1, 0.15) is 0 Å². The van der Waals surface area contributed by atoms with E-state index in [1.54, 1.807) is 30.3 Å². The van der Waals surface area contributed by atoms with E-state index in [1.165, 1.54) is 4.31 Å². The van der Waals surface area contributed by atoms with E-state index in [1.807, 2.05) is 26.8 Å². The first-order chi connectivity index (χ1) is 13.2. The number of benzene rings is 2. The van der Waals surface area contributed by atoms with Gasteiger partial charge in [0.25, 0.3) is 0 Å². The number of thiocarbonyl (C=S) groups is 1. The van der Waals surface area contributed by atoms with Gasteiger partial charge < -0.3 is 10.6 Å². The predicted octanol–water partition coefficient (Wildman–Crippen LogP) is 4.82. The summed E-state index contributed by atoms with van der Waals surface area (Å²) in [5, 5.41) is 7.62. The van der Waals surface area contributed by atoms with Crippen LogP contribution in [-0.4, -0.2) is 30.9 Å². The average Bonchev–Trinajstić information content (AvgIpc) is 2.63. The molecule has 28 heavy (non-hydrogen) atoms. The van der Waals surface area contributed by atoms with Crippen molar-refractivity contribution in [3.63, 3.8) is 0 Å². The molecular formula is C19H23Cl2N3O2S2. The van der Waals surface area contributed by atoms with Gasteiger partial charge in [-0.05, 0) is 54.5 Å². The third-order valence-electron chi connectivity index (χ3n) is 4.25. The molecule has 0 unspecified atom stereocenters. The molecule has 0 aliphatic carbocycles. The van der Waals surface area contributed by atoms with E-state index in [-0.39, 0.29) is 4.90 Å². The number of hydrogen-bond acceptors (Lipinski definition) is 3. The topological polar surface area (TPSA) is 61.4 Å². The Labute approximate surface area is 182 Å². The second-order valence-corrected chi connectivity index (χ2v) is 9.30. The lowest BCUT2D eigenvalue weighted by atomic mass is 10.2. The number of sulfonamides is 1. The van der Waals surface area contributed by atoms with Gasteiger partial charge in [0, 0.05) is 35.4 Å². The Balaban J connectivity index is 2.14. The molecule has 5 nitrogen and oxygen atoms in total. The van der Waals surface area contributed by atoms with E-state index in [0.717, 1.165) is 11.1 Å². The Hall–Kier alpha value is -1.38. The first-order valence-corrected chi connectivity index (χ1v) is 11.4. The molecule has 152 valence electrons. The highest BCUT2D eigenvalue weighted by molar-refractivity contribution is 7.89. The van der Waals surface area contributed by atoms with Gasteiger partial charge in [0.15, 0.2) is 5.11 Å². The van der Waals surface area contributed by atoms with Gasteiger partial charge in [-0.15, -0.1) is 0 Å². The summed E-state index contributed by atoms with van der Waals surface area (Å²) in [5.74, 6) is 0. The van der Waals surface area contributed by atoms with Gasteiger partial charge in [-0.3, -0.25) is 0 Å². The summed E-state index contributed by atoms with van der Waals surface area (Å²) in [5.41, 5.74) is 2.37. The molecule has 2 aromatic carbocycles. The van der Waals surface area contributed by atoms with E-state index in [4.69, 9.17) is 35.4 Å². The molecule has 0 aliphatic heterocycles. The fourth-order valence-electron chi connectivity index (χ4n) is 2.62. The Kier molecular flexibility index (Phi) is 8.09. The highest BCUT2D eigenvalue weighted by atomic mass is 35.5. The van der Waals surface area contributed by atoms with Gasteiger partial charge in [-0.25, -0.2) is 8.42 Å². The van der Waals surface area contributed by atoms with Crippen molar-refractivity contribution in [1.82, 2.24) is 9.62 Å². The van der Waals surface area contributed by atoms with E-state index >= 15 is 0 Å². The Morgan fingerprint density at radius 1 is 1.11 bits per heavy atom. The molecule has 0 bridgehead atoms. The third-order valence-corrected chi connectivity index (χ3v) is 7.13. The molecule has 0 fully saturated rings. The van der Waals surface area contributed by atoms with E-state index in [0.29, 0.717) is 40.5 Å². The van der Waals surface area contributed by atoms with Crippen molar-refractivity contribution in [1.29, 1.82) is 0 Å². The van der Waals surface area contributed by atoms with Crippen LogP contribution in [0, 0.1) is 6.92 Å². The number of nitrogens with one attached hydrogen (secondary N) is 2. The minimum Gasteiger partial charge on any atom is -0.358 e. The lowest BCUT2D eigenvalue weighted by Crippen LogP contribution is -2.31. The van der Waals surface area contributed by atoms with Crippen LogP contribution in [0.5, 0.6) is 0 Å². The van der Waals surface area contributed by atoms with Crippen molar-refractivity contribution >= 4 is 56.2 Å². The molecule has 0 aliphatic rings. The largest absolute Gasteiger partial charge is 0.358 e. The molecule has 0 atom stereocenters. The van der Waals surface area contributed by atoms with Crippen LogP contribution in [0.4, 0.5) is 5.69 Å². The highest BCUT2D eigenvalue weighted by Gasteiger charge is 2.22. The average molecular weight is 460 g/mol. The first kappa shape index (κ1) is 22.9. The maximum atomic E-state index is 12.7. The molecule has 0 saturated carbocycles. The number of hydrogen-bond donors (Lipinski definition) is 2. The maximum absolute atomic E-state index is 12.7. The normalized spacial score (nSPS) is 11.5. The number of anilines is 1. The monoisotopic (exact) mass is 459 g/mol. The molecule has 2 N–H and O–H groups in total. The molecule has 0 aromatic heterocycles. The summed E-state index contributed by atoms with van der Waals surface area (Å²) in [4.78, 5) is 0.229. The first-order valence-electron chi connectivity index (χ1n) is 8.78. The third kappa shape index (κ3) is 5.58. The van der Waals surface area contributed by atoms with Crippen LogP contribution >= 0.6 is 35.4 Å². The Morgan fingerprint density at radius 2 is 1.79 bits per heavy atom. The van der Waals surface area contributed by atoms with Crippen molar-refractivity contribution < 1.29 is 8.42 Å². The summed E-state index contributed by atoms with van der Waals surface area (Å²) in [6, 6.07) is 10.2. The van der Waals surface area contributed by atoms with Crippen LogP contribution in [0.25, 0.3) is 0 Å². The Morgan fingerprint density at radius 3 is 2.39 bits per heavy atom. The van der Waals surface area contributed by atoms with Gasteiger partial charge in [0.05, 0.1) is 4.90 Å². The van der Waals surface area contributed by atoms with E-state index < -0.39 is 10.0 Å². The molecule has 0 radical (unpaired) electrons. The van der Waals surface area contributed by atoms with Gasteiger partial charge in [0.2, 0.25) is 10.0 Å². The molecule has 0 heterocycles. The second-order valence-electron chi connectivity index (χ2n) is 6.11. The number of halogens is 2. The molecule has 9 heteroatoms. The van der Waals surface area contributed by atoms with Gasteiger partial charge in [-0.1, -0.05) is 49.2 Å². The van der Waals surface area contributed by atoms with Crippen LogP contribution in [-0.2, 0) is 16.6 Å². The molecule has 2 rings (SSSR count). The van der Waals surface area contributed by atoms with E-state index in [2.05, 4.69) is 10.6 Å². The SMILES string of the molecule is CCN(CC)S(=O)(=O)c1ccc(C)c(NC(=S)NCc2ccc(Cl)cc2Cl)c1. The zero-order valence-corrected chi connectivity index (χ0v) is 19.1. The van der Waals surface area contributed by atoms with Gasteiger partial charge in [-0.2, -0.15) is 4.31 Å². The van der Waals surface area contributed by atoms with Crippen molar-refractivity contribution in [3.05, 3.63) is 57.6 Å². The number of aryl methyl sites for hydroxylation is 1. The minimum absolute atomic E-state index is 0.229. The number of nitrogens with zero attached hydrogens (tertiary/aromatic N) is 1. The van der Waals surface area contributed by atoms with Crippen molar-refractivity contribution in [2.75, 3.05) is 18.4 Å². The number of rotatable bonds is 7. The predicted molar refractivity (Wildman–Crippen MR) is 121 cm³/mol. The zero-order valence-electron chi connectivity index (χ0n) is 15.9. The van der Waals surface area contributed by atoms with Crippen LogP contribution in [0.1, 0.15) is 25.0 Å². The lowest BCUT2D eigenvalue weighted by Gasteiger charge is -2.20. The fourth-order valence-corrected chi connectivity index (χ4v) is 4.76. The van der Waals surface area contributed by atoms with Crippen LogP contribution in [0.3, 0.4) is 0 Å². The van der Waals surface area contributed by atoms with Gasteiger partial charge >= 0.3 is 0 Å².